The predicted molar refractivity (Wildman–Crippen MR) is 80.3 cm³/mol. The molecule has 0 spiro atoms. The van der Waals surface area contributed by atoms with Gasteiger partial charge in [0.25, 0.3) is 5.91 Å². The predicted octanol–water partition coefficient (Wildman–Crippen LogP) is 1.98. The molecule has 3 rings (SSSR count). The van der Waals surface area contributed by atoms with Crippen molar-refractivity contribution in [1.29, 1.82) is 0 Å². The number of nitrogens with zero attached hydrogens (tertiary/aromatic N) is 1. The number of likely N-dealkylation sites (tertiary alicyclic amines) is 1. The van der Waals surface area contributed by atoms with Crippen LogP contribution in [0.15, 0.2) is 24.3 Å². The minimum atomic E-state index is -0.433. The van der Waals surface area contributed by atoms with Gasteiger partial charge in [-0.2, -0.15) is 0 Å². The van der Waals surface area contributed by atoms with Gasteiger partial charge >= 0.3 is 0 Å². The van der Waals surface area contributed by atoms with Crippen molar-refractivity contribution >= 4 is 18.3 Å². The monoisotopic (exact) mass is 314 g/mol. The van der Waals surface area contributed by atoms with Gasteiger partial charge in [-0.05, 0) is 31.4 Å². The summed E-state index contributed by atoms with van der Waals surface area (Å²) in [4.78, 5) is 14.0. The van der Waals surface area contributed by atoms with E-state index in [1.54, 1.807) is 12.1 Å². The van der Waals surface area contributed by atoms with E-state index < -0.39 is 5.82 Å². The van der Waals surface area contributed by atoms with Crippen LogP contribution in [0.25, 0.3) is 0 Å². The van der Waals surface area contributed by atoms with Gasteiger partial charge in [0.2, 0.25) is 0 Å². The van der Waals surface area contributed by atoms with Crippen LogP contribution >= 0.6 is 12.4 Å². The summed E-state index contributed by atoms with van der Waals surface area (Å²) in [6.45, 7) is 1.39. The van der Waals surface area contributed by atoms with Gasteiger partial charge in [-0.15, -0.1) is 12.4 Å². The summed E-state index contributed by atoms with van der Waals surface area (Å²) in [5.74, 6) is -0.366. The molecule has 116 valence electrons. The number of rotatable bonds is 3. The van der Waals surface area contributed by atoms with E-state index in [0.29, 0.717) is 12.1 Å². The Labute approximate surface area is 130 Å². The van der Waals surface area contributed by atoms with E-state index in [1.165, 1.54) is 18.6 Å². The summed E-state index contributed by atoms with van der Waals surface area (Å²) >= 11 is 0. The average Bonchev–Trinajstić information content (AvgIpc) is 2.77. The van der Waals surface area contributed by atoms with Gasteiger partial charge in [-0.3, -0.25) is 4.79 Å². The molecule has 2 aliphatic rings. The van der Waals surface area contributed by atoms with Crippen molar-refractivity contribution in [3.05, 3.63) is 30.1 Å². The minimum absolute atomic E-state index is 0. The van der Waals surface area contributed by atoms with E-state index in [4.69, 9.17) is 4.74 Å². The first-order chi connectivity index (χ1) is 9.72. The third-order valence-electron chi connectivity index (χ3n) is 4.06. The highest BCUT2D eigenvalue weighted by molar-refractivity contribution is 5.85. The van der Waals surface area contributed by atoms with E-state index in [0.717, 1.165) is 25.9 Å². The van der Waals surface area contributed by atoms with Crippen molar-refractivity contribution in [2.75, 3.05) is 19.7 Å². The van der Waals surface area contributed by atoms with E-state index in [-0.39, 0.29) is 30.7 Å². The number of fused-ring (bicyclic) bond motifs is 2. The van der Waals surface area contributed by atoms with E-state index in [9.17, 15) is 9.18 Å². The maximum Gasteiger partial charge on any atom is 0.260 e. The quantitative estimate of drug-likeness (QED) is 0.927. The molecule has 0 saturated carbocycles. The lowest BCUT2D eigenvalue weighted by Gasteiger charge is -2.24. The van der Waals surface area contributed by atoms with Gasteiger partial charge in [0, 0.05) is 25.2 Å². The zero-order valence-electron chi connectivity index (χ0n) is 11.8. The summed E-state index contributed by atoms with van der Waals surface area (Å²) in [7, 11) is 0. The summed E-state index contributed by atoms with van der Waals surface area (Å²) in [5, 5.41) is 3.53. The van der Waals surface area contributed by atoms with Gasteiger partial charge in [-0.25, -0.2) is 4.39 Å². The van der Waals surface area contributed by atoms with Crippen LogP contribution in [0.4, 0.5) is 4.39 Å². The lowest BCUT2D eigenvalue weighted by atomic mass is 10.1. The van der Waals surface area contributed by atoms with E-state index in [2.05, 4.69) is 5.32 Å². The highest BCUT2D eigenvalue weighted by Gasteiger charge is 2.31. The zero-order chi connectivity index (χ0) is 13.9. The fourth-order valence-electron chi connectivity index (χ4n) is 2.96. The minimum Gasteiger partial charge on any atom is -0.481 e. The van der Waals surface area contributed by atoms with Gasteiger partial charge in [0.15, 0.2) is 18.2 Å². The number of para-hydroxylation sites is 1. The smallest absolute Gasteiger partial charge is 0.260 e. The lowest BCUT2D eigenvalue weighted by Crippen LogP contribution is -2.41. The number of nitrogens with one attached hydrogen (secondary N) is 1. The maximum absolute atomic E-state index is 13.4. The van der Waals surface area contributed by atoms with Crippen LogP contribution in [0.2, 0.25) is 0 Å². The van der Waals surface area contributed by atoms with Crippen LogP contribution in [0, 0.1) is 5.82 Å². The Hall–Kier alpha value is -1.33. The second-order valence-corrected chi connectivity index (χ2v) is 5.49. The van der Waals surface area contributed by atoms with Crippen molar-refractivity contribution < 1.29 is 13.9 Å². The molecule has 1 aromatic carbocycles. The van der Waals surface area contributed by atoms with Gasteiger partial charge in [0.05, 0.1) is 0 Å². The number of benzene rings is 1. The fraction of sp³-hybridized carbons (Fsp3) is 0.533. The SMILES string of the molecule is Cl.O=C(COc1ccccc1F)N1CCC2CCC(C1)N2. The molecule has 1 N–H and O–H groups in total. The molecule has 21 heavy (non-hydrogen) atoms. The Balaban J connectivity index is 0.00000161. The highest BCUT2D eigenvalue weighted by Crippen LogP contribution is 2.21. The van der Waals surface area contributed by atoms with E-state index >= 15 is 0 Å². The van der Waals surface area contributed by atoms with Crippen molar-refractivity contribution in [2.24, 2.45) is 0 Å². The molecule has 6 heteroatoms. The number of carbonyl (C=O) groups excluding carboxylic acids is 1. The maximum atomic E-state index is 13.4. The molecule has 4 nitrogen and oxygen atoms in total. The van der Waals surface area contributed by atoms with Crippen LogP contribution in [0.5, 0.6) is 5.75 Å². The molecule has 0 radical (unpaired) electrons. The van der Waals surface area contributed by atoms with Crippen LogP contribution in [0.3, 0.4) is 0 Å². The molecule has 2 fully saturated rings. The van der Waals surface area contributed by atoms with Gasteiger partial charge < -0.3 is 15.0 Å². The first-order valence-corrected chi connectivity index (χ1v) is 7.13. The lowest BCUT2D eigenvalue weighted by molar-refractivity contribution is -0.133. The Kier molecular flexibility index (Phi) is 5.42. The molecular formula is C15H20ClFN2O2. The molecule has 2 saturated heterocycles. The second kappa shape index (κ2) is 7.09. The van der Waals surface area contributed by atoms with Crippen molar-refractivity contribution in [3.8, 4) is 5.75 Å². The van der Waals surface area contributed by atoms with Crippen LogP contribution in [-0.4, -0.2) is 42.6 Å². The topological polar surface area (TPSA) is 41.6 Å². The molecule has 1 amide bonds. The number of ether oxygens (including phenoxy) is 1. The van der Waals surface area contributed by atoms with Crippen molar-refractivity contribution in [3.63, 3.8) is 0 Å². The van der Waals surface area contributed by atoms with Gasteiger partial charge in [0.1, 0.15) is 0 Å². The summed E-state index contributed by atoms with van der Waals surface area (Å²) < 4.78 is 18.7. The van der Waals surface area contributed by atoms with Crippen molar-refractivity contribution in [2.45, 2.75) is 31.3 Å². The number of carbonyl (C=O) groups is 1. The Bertz CT molecular complexity index is 500. The third-order valence-corrected chi connectivity index (χ3v) is 4.06. The summed E-state index contributed by atoms with van der Waals surface area (Å²) in [6, 6.07) is 7.10. The average molecular weight is 315 g/mol. The molecular weight excluding hydrogens is 295 g/mol. The second-order valence-electron chi connectivity index (χ2n) is 5.49. The molecule has 2 bridgehead atoms. The largest absolute Gasteiger partial charge is 0.481 e. The normalized spacial score (nSPS) is 24.1. The molecule has 0 aromatic heterocycles. The third kappa shape index (κ3) is 3.86. The van der Waals surface area contributed by atoms with Crippen LogP contribution < -0.4 is 10.1 Å². The summed E-state index contributed by atoms with van der Waals surface area (Å²) in [5.41, 5.74) is 0. The molecule has 2 atom stereocenters. The first kappa shape index (κ1) is 16.0. The van der Waals surface area contributed by atoms with Crippen LogP contribution in [-0.2, 0) is 4.79 Å². The molecule has 0 aliphatic carbocycles. The standard InChI is InChI=1S/C15H19FN2O2.ClH/c16-13-3-1-2-4-14(13)20-10-15(19)18-8-7-11-5-6-12(9-18)17-11;/h1-4,11-12,17H,5-10H2;1H. The van der Waals surface area contributed by atoms with Gasteiger partial charge in [-0.1, -0.05) is 12.1 Å². The Morgan fingerprint density at radius 1 is 1.29 bits per heavy atom. The van der Waals surface area contributed by atoms with Crippen LogP contribution in [0.1, 0.15) is 19.3 Å². The number of amides is 1. The number of hydrogen-bond donors (Lipinski definition) is 1. The Morgan fingerprint density at radius 2 is 2.05 bits per heavy atom. The molecule has 2 aliphatic heterocycles. The highest BCUT2D eigenvalue weighted by atomic mass is 35.5. The number of hydrogen-bond acceptors (Lipinski definition) is 3. The summed E-state index contributed by atoms with van der Waals surface area (Å²) in [6.07, 6.45) is 3.32. The Morgan fingerprint density at radius 3 is 2.86 bits per heavy atom. The zero-order valence-corrected chi connectivity index (χ0v) is 12.6. The molecule has 2 heterocycles. The van der Waals surface area contributed by atoms with E-state index in [1.807, 2.05) is 4.90 Å². The first-order valence-electron chi connectivity index (χ1n) is 7.13. The molecule has 2 unspecified atom stereocenters. The van der Waals surface area contributed by atoms with Crippen molar-refractivity contribution in [1.82, 2.24) is 10.2 Å². The molecule has 1 aromatic rings. The fourth-order valence-corrected chi connectivity index (χ4v) is 2.96. The number of halogens is 2.